The summed E-state index contributed by atoms with van der Waals surface area (Å²) in [6.45, 7) is 25.9. The molecule has 0 amide bonds. The van der Waals surface area contributed by atoms with Crippen LogP contribution in [0.5, 0.6) is 0 Å². The molecule has 0 spiro atoms. The fraction of sp³-hybridized carbons (Fsp3) is 0.784. The Labute approximate surface area is 964 Å². The first-order valence-electron chi connectivity index (χ1n) is 49.1. The molecule has 54 heteroatoms. The summed E-state index contributed by atoms with van der Waals surface area (Å²) < 4.78 is 163. The van der Waals surface area contributed by atoms with Crippen molar-refractivity contribution in [3.05, 3.63) is 102 Å². The third-order valence-electron chi connectivity index (χ3n) is 22.5. The molecule has 0 aliphatic carbocycles. The number of pyridine rings is 3. The number of rotatable bonds is 58. The van der Waals surface area contributed by atoms with E-state index in [1.807, 2.05) is 111 Å². The fourth-order valence-electron chi connectivity index (χ4n) is 14.5. The quantitative estimate of drug-likeness (QED) is 0.0225. The molecule has 9 unspecified atom stereocenters. The summed E-state index contributed by atoms with van der Waals surface area (Å²) in [4.78, 5) is 150. The van der Waals surface area contributed by atoms with Crippen LogP contribution >= 0.6 is 68.4 Å². The van der Waals surface area contributed by atoms with Gasteiger partial charge in [0.2, 0.25) is 0 Å². The summed E-state index contributed by atoms with van der Waals surface area (Å²) in [5.74, 6) is 0. The molecule has 1 aromatic carbocycles. The Morgan fingerprint density at radius 1 is 0.275 bits per heavy atom. The molecule has 3 aromatic heterocycles. The zero-order valence-electron chi connectivity index (χ0n) is 84.7. The molecule has 4 aromatic rings. The van der Waals surface area contributed by atoms with E-state index in [1.165, 1.54) is 0 Å². The van der Waals surface area contributed by atoms with Crippen molar-refractivity contribution in [2.75, 3.05) is 247 Å². The minimum absolute atomic E-state index is 0. The minimum atomic E-state index is -4.25. The number of hydrogen-bond donors (Lipinski definition) is 0. The third-order valence-corrected chi connectivity index (χ3v) is 34.4. The predicted molar refractivity (Wildman–Crippen MR) is 521 cm³/mol. The minimum Gasteiger partial charge on any atom is -0.778 e. The van der Waals surface area contributed by atoms with Crippen LogP contribution in [0.25, 0.3) is 10.9 Å². The number of fused-ring (bicyclic) bond motifs is 3. The normalized spacial score (nSPS) is 20.1. The summed E-state index contributed by atoms with van der Waals surface area (Å²) in [5, 5.41) is 0.966. The zero-order chi connectivity index (χ0) is 101. The summed E-state index contributed by atoms with van der Waals surface area (Å²) in [6, 6.07) is 23.6. The molecule has 41 nitrogen and oxygen atoms in total. The molecule has 2 fully saturated rings. The van der Waals surface area contributed by atoms with Crippen molar-refractivity contribution in [2.24, 2.45) is 0 Å². The van der Waals surface area contributed by atoms with E-state index in [0.29, 0.717) is 135 Å². The van der Waals surface area contributed by atoms with Crippen LogP contribution in [-0.2, 0) is 141 Å². The van der Waals surface area contributed by atoms with E-state index < -0.39 is 68.4 Å². The summed E-state index contributed by atoms with van der Waals surface area (Å²) in [5.41, 5.74) is 3.71. The molecule has 6 heterocycles. The number of unbranched alkanes of at least 4 members (excludes halogenated alkanes) is 9. The third kappa shape index (κ3) is 67.8. The van der Waals surface area contributed by atoms with Gasteiger partial charge in [-0.15, -0.1) is 17.5 Å². The molecular weight excluding hydrogens is 2530 g/mol. The van der Waals surface area contributed by atoms with Crippen molar-refractivity contribution in [1.29, 1.82) is 0 Å². The maximum atomic E-state index is 13.0. The molecule has 3 aliphatic heterocycles. The van der Waals surface area contributed by atoms with Gasteiger partial charge in [0.05, 0.1) is 139 Å². The topological polar surface area (TPSA) is 519 Å². The molecule has 2 bridgehead atoms. The molecular formula is C88H159N14O27P9Tb3Y-. The number of aromatic nitrogens is 3. The van der Waals surface area contributed by atoms with Crippen molar-refractivity contribution in [2.45, 2.75) is 204 Å². The van der Waals surface area contributed by atoms with Crippen LogP contribution in [0.3, 0.4) is 0 Å². The fourth-order valence-corrected chi connectivity index (χ4v) is 25.8. The van der Waals surface area contributed by atoms with Gasteiger partial charge in [-0.1, -0.05) is 138 Å². The first-order chi connectivity index (χ1) is 65.6. The largest absolute Gasteiger partial charge is 3.00 e. The van der Waals surface area contributed by atoms with Crippen LogP contribution in [0.4, 0.5) is 0 Å². The molecule has 2 saturated heterocycles. The van der Waals surface area contributed by atoms with Gasteiger partial charge in [-0.2, -0.15) is 18.2 Å². The SMILES string of the molecule is CCCCOP(=O)([O-])CN1CCN(CP(=O)([O-])OCCCC)Cc2cccc(n2)CN(CP(=O)([O-])OCCCC)CC1.CCCCOP(=O)([O-])CN1CCN(Cc2ccc3c[c-]ccc3n2)CCN(CP(=O)([O-])OCCCC)CCN(CP(=O)([O-])OCCCC)CC1.CCCCOP(=O)([O-])CN1CCN(Cc2ccccn2)CCN(CP(=O)([O-])OCCCC)CCN(CP(=O)([O-])OCCCC)CC1.[Tb+3].[Tb+3].[Tb+3].[Y]. The van der Waals surface area contributed by atoms with E-state index in [1.54, 1.807) is 68.5 Å². The summed E-state index contributed by atoms with van der Waals surface area (Å²) in [7, 11) is -37.9. The van der Waals surface area contributed by atoms with Crippen LogP contribution in [0.2, 0.25) is 0 Å². The second-order valence-electron chi connectivity index (χ2n) is 35.3. The van der Waals surface area contributed by atoms with Crippen molar-refractivity contribution in [3.8, 4) is 0 Å². The molecule has 0 N–H and O–H groups in total. The summed E-state index contributed by atoms with van der Waals surface area (Å²) in [6.07, 6.45) is 11.4. The van der Waals surface area contributed by atoms with Crippen LogP contribution < -0.4 is 44.0 Å². The Balaban J connectivity index is 0.00000105. The predicted octanol–water partition coefficient (Wildman–Crippen LogP) is 9.51. The van der Waals surface area contributed by atoms with Crippen molar-refractivity contribution < 1.29 is 274 Å². The number of hydrogen-bond acceptors (Lipinski definition) is 41. The maximum Gasteiger partial charge on any atom is 3.00 e. The van der Waals surface area contributed by atoms with E-state index in [9.17, 15) is 85.1 Å². The van der Waals surface area contributed by atoms with Crippen LogP contribution in [0.1, 0.15) is 201 Å². The molecule has 9 atom stereocenters. The van der Waals surface area contributed by atoms with Crippen molar-refractivity contribution in [1.82, 2.24) is 68.9 Å². The molecule has 3 aliphatic rings. The molecule has 142 heavy (non-hydrogen) atoms. The van der Waals surface area contributed by atoms with Crippen LogP contribution in [0.15, 0.2) is 72.9 Å². The van der Waals surface area contributed by atoms with E-state index in [2.05, 4.69) is 25.8 Å². The van der Waals surface area contributed by atoms with E-state index in [4.69, 9.17) is 45.7 Å². The van der Waals surface area contributed by atoms with Crippen molar-refractivity contribution in [3.63, 3.8) is 0 Å². The zero-order valence-corrected chi connectivity index (χ0v) is 102. The van der Waals surface area contributed by atoms with Gasteiger partial charge in [0.15, 0.2) is 0 Å². The number of benzene rings is 1. The van der Waals surface area contributed by atoms with Gasteiger partial charge in [0, 0.05) is 196 Å². The van der Waals surface area contributed by atoms with Gasteiger partial charge < -0.3 is 126 Å². The van der Waals surface area contributed by atoms with Crippen LogP contribution in [-0.4, -0.2) is 316 Å². The number of nitrogens with zero attached hydrogens (tertiary/aromatic N) is 14. The Hall–Kier alpha value is 2.80. The van der Waals surface area contributed by atoms with E-state index >= 15 is 0 Å². The standard InChI is InChI=1S/C33H59N5O9P3.C29H58N5O9P3.C26H51N4O9P3.3Tb.Y/c1-4-7-24-45-48(39,40)28-36-18-16-35(27-32-15-14-31-12-10-11-13-33(31)34-32)17-19-37(29-49(41,42)46-25-8-5-2)21-23-38(22-20-36)30-50(43,44)47-26-9-6-3;1-4-7-22-41-44(35,36)26-32-16-14-31(25-29-12-10-11-13-30-29)15-17-33(27-45(37,38)42-23-8-5-2)19-21-34(20-18-32)28-46(39,40)43-24-9-6-3;1-4-7-17-37-40(31,32)22-28-13-15-29(23-41(33,34)38-18-8-5-2)20-25-11-10-12-26(27-25)21-30(16-14-28)24-42(35,36)39-19-9-6-3;;;;/h11-15H,4-9,16-30H2,1-3H3,(H,39,40)(H,41,42)(H,43,44);10-13H,4-9,14-28H2,1-3H3,(H,35,36)(H,37,38)(H,39,40);10-12H,4-9,13-24H2,1-3H3,(H,31,32)(H,33,34)(H,35,36);;;;/q-1;;;3*+3;/p-9. The monoisotopic (exact) mass is 2690 g/mol. The molecule has 819 valence electrons. The van der Waals surface area contributed by atoms with E-state index in [-0.39, 0.29) is 356 Å². The Bertz CT molecular complexity index is 4330. The van der Waals surface area contributed by atoms with Gasteiger partial charge in [-0.05, 0) is 87.6 Å². The first-order valence-corrected chi connectivity index (χ1v) is 64.7. The maximum absolute atomic E-state index is 13.0. The van der Waals surface area contributed by atoms with Crippen LogP contribution in [0, 0.1) is 122 Å². The Morgan fingerprint density at radius 3 is 0.732 bits per heavy atom. The van der Waals surface area contributed by atoms with Gasteiger partial charge in [-0.3, -0.25) is 68.9 Å². The van der Waals surface area contributed by atoms with Gasteiger partial charge in [0.25, 0.3) is 0 Å². The Kier molecular flexibility index (Phi) is 79.3. The second-order valence-corrected chi connectivity index (χ2v) is 51.2. The summed E-state index contributed by atoms with van der Waals surface area (Å²) >= 11 is 0. The molecule has 1 radical (unpaired) electrons. The van der Waals surface area contributed by atoms with Crippen molar-refractivity contribution >= 4 is 79.3 Å². The van der Waals surface area contributed by atoms with Gasteiger partial charge in [0.1, 0.15) is 68.4 Å². The van der Waals surface area contributed by atoms with E-state index in [0.717, 1.165) is 80.1 Å². The first kappa shape index (κ1) is 143. The molecule has 7 rings (SSSR count). The average molecular weight is 2690 g/mol. The Morgan fingerprint density at radius 2 is 0.500 bits per heavy atom. The van der Waals surface area contributed by atoms with Gasteiger partial charge in [-0.25, -0.2) is 0 Å². The average Bonchev–Trinajstić information content (AvgIpc) is 0.826. The smallest absolute Gasteiger partial charge is 0.778 e. The molecule has 0 saturated carbocycles. The van der Waals surface area contributed by atoms with Gasteiger partial charge >= 0.3 is 116 Å². The second kappa shape index (κ2) is 78.9.